The minimum atomic E-state index is 0.0388. The fourth-order valence-electron chi connectivity index (χ4n) is 3.30. The second-order valence-corrected chi connectivity index (χ2v) is 6.20. The topological polar surface area (TPSA) is 92.6 Å². The van der Waals surface area contributed by atoms with Gasteiger partial charge in [0.15, 0.2) is 5.82 Å². The number of H-pyrrole nitrogens is 1. The van der Waals surface area contributed by atoms with Crippen molar-refractivity contribution in [2.75, 3.05) is 13.1 Å². The van der Waals surface area contributed by atoms with Gasteiger partial charge in [-0.1, -0.05) is 0 Å². The zero-order chi connectivity index (χ0) is 17.2. The summed E-state index contributed by atoms with van der Waals surface area (Å²) in [7, 11) is 1.81. The van der Waals surface area contributed by atoms with E-state index in [1.54, 1.807) is 41.9 Å². The number of nitrogens with one attached hydrogen (secondary N) is 1. The molecule has 1 N–H and O–H groups in total. The van der Waals surface area contributed by atoms with Crippen LogP contribution >= 0.6 is 0 Å². The molecule has 1 aliphatic heterocycles. The van der Waals surface area contributed by atoms with E-state index in [1.807, 2.05) is 11.9 Å². The Morgan fingerprint density at radius 3 is 2.64 bits per heavy atom. The molecule has 0 saturated carbocycles. The normalized spacial score (nSPS) is 15.5. The third-order valence-corrected chi connectivity index (χ3v) is 4.57. The molecule has 25 heavy (non-hydrogen) atoms. The summed E-state index contributed by atoms with van der Waals surface area (Å²) >= 11 is 0. The van der Waals surface area contributed by atoms with Crippen molar-refractivity contribution < 1.29 is 4.79 Å². The quantitative estimate of drug-likeness (QED) is 0.784. The molecule has 0 aliphatic carbocycles. The first kappa shape index (κ1) is 15.5. The molecule has 0 spiro atoms. The highest BCUT2D eigenvalue weighted by Gasteiger charge is 2.28. The lowest BCUT2D eigenvalue weighted by Gasteiger charge is -2.31. The summed E-state index contributed by atoms with van der Waals surface area (Å²) in [5.41, 5.74) is 2.38. The molecule has 1 amide bonds. The summed E-state index contributed by atoms with van der Waals surface area (Å²) in [6.07, 6.45) is 12.0. The van der Waals surface area contributed by atoms with Gasteiger partial charge in [-0.05, 0) is 12.8 Å². The van der Waals surface area contributed by atoms with E-state index in [-0.39, 0.29) is 11.8 Å². The number of aryl methyl sites for hydroxylation is 1. The number of nitrogens with zero attached hydrogens (tertiary/aromatic N) is 6. The van der Waals surface area contributed by atoms with Crippen molar-refractivity contribution >= 4 is 5.91 Å². The predicted molar refractivity (Wildman–Crippen MR) is 90.7 cm³/mol. The Balaban J connectivity index is 1.49. The van der Waals surface area contributed by atoms with Gasteiger partial charge < -0.3 is 9.88 Å². The minimum absolute atomic E-state index is 0.0388. The first-order chi connectivity index (χ1) is 12.2. The summed E-state index contributed by atoms with van der Waals surface area (Å²) < 4.78 is 1.65. The Bertz CT molecular complexity index is 863. The van der Waals surface area contributed by atoms with Crippen LogP contribution in [0.3, 0.4) is 0 Å². The third kappa shape index (κ3) is 3.02. The number of carbonyl (C=O) groups excluding carboxylic acids is 1. The van der Waals surface area contributed by atoms with Crippen LogP contribution < -0.4 is 0 Å². The number of amides is 1. The lowest BCUT2D eigenvalue weighted by atomic mass is 9.91. The molecule has 0 atom stereocenters. The van der Waals surface area contributed by atoms with Gasteiger partial charge in [0.2, 0.25) is 0 Å². The number of aromatic amines is 1. The van der Waals surface area contributed by atoms with Crippen LogP contribution in [-0.2, 0) is 7.05 Å². The molecule has 0 aromatic carbocycles. The number of imidazole rings is 1. The highest BCUT2D eigenvalue weighted by atomic mass is 16.2. The fourth-order valence-corrected chi connectivity index (χ4v) is 3.30. The summed E-state index contributed by atoms with van der Waals surface area (Å²) in [4.78, 5) is 30.8. The van der Waals surface area contributed by atoms with E-state index in [9.17, 15) is 4.79 Å². The zero-order valence-corrected chi connectivity index (χ0v) is 14.0. The van der Waals surface area contributed by atoms with E-state index in [4.69, 9.17) is 0 Å². The van der Waals surface area contributed by atoms with Gasteiger partial charge in [0.1, 0.15) is 5.69 Å². The molecule has 8 heteroatoms. The summed E-state index contributed by atoms with van der Waals surface area (Å²) in [5, 5.41) is 4.08. The zero-order valence-electron chi connectivity index (χ0n) is 14.0. The monoisotopic (exact) mass is 337 g/mol. The molecule has 8 nitrogen and oxygen atoms in total. The minimum Gasteiger partial charge on any atom is -0.343 e. The molecule has 1 aliphatic rings. The molecule has 4 rings (SSSR count). The average molecular weight is 337 g/mol. The van der Waals surface area contributed by atoms with Crippen molar-refractivity contribution in [3.05, 3.63) is 48.4 Å². The summed E-state index contributed by atoms with van der Waals surface area (Å²) in [6, 6.07) is 0. The molecule has 3 aromatic heterocycles. The van der Waals surface area contributed by atoms with Gasteiger partial charge in [0.25, 0.3) is 5.91 Å². The second-order valence-electron chi connectivity index (χ2n) is 6.20. The maximum absolute atomic E-state index is 12.5. The number of piperidine rings is 1. The van der Waals surface area contributed by atoms with Crippen LogP contribution in [-0.4, -0.2) is 53.6 Å². The van der Waals surface area contributed by atoms with Crippen LogP contribution in [0.1, 0.15) is 34.8 Å². The number of rotatable bonds is 3. The van der Waals surface area contributed by atoms with Gasteiger partial charge in [-0.2, -0.15) is 5.10 Å². The molecule has 3 aromatic rings. The SMILES string of the molecule is Cn1cc(C(=O)N2CCC(c3nccnc3-c3ncc[nH]3)CC2)cn1. The van der Waals surface area contributed by atoms with Gasteiger partial charge in [0.05, 0.1) is 17.5 Å². The van der Waals surface area contributed by atoms with Crippen LogP contribution in [0.2, 0.25) is 0 Å². The van der Waals surface area contributed by atoms with E-state index in [0.717, 1.165) is 30.1 Å². The fraction of sp³-hybridized carbons (Fsp3) is 0.353. The van der Waals surface area contributed by atoms with E-state index < -0.39 is 0 Å². The van der Waals surface area contributed by atoms with Crippen molar-refractivity contribution in [1.82, 2.24) is 34.6 Å². The van der Waals surface area contributed by atoms with E-state index >= 15 is 0 Å². The highest BCUT2D eigenvalue weighted by Crippen LogP contribution is 2.31. The molecule has 4 heterocycles. The Kier molecular flexibility index (Phi) is 4.01. The van der Waals surface area contributed by atoms with Crippen LogP contribution in [0.4, 0.5) is 0 Å². The van der Waals surface area contributed by atoms with Crippen molar-refractivity contribution in [2.45, 2.75) is 18.8 Å². The van der Waals surface area contributed by atoms with Crippen molar-refractivity contribution in [3.63, 3.8) is 0 Å². The van der Waals surface area contributed by atoms with Crippen LogP contribution in [0.15, 0.2) is 37.2 Å². The summed E-state index contributed by atoms with van der Waals surface area (Å²) in [5.74, 6) is 1.04. The maximum atomic E-state index is 12.5. The van der Waals surface area contributed by atoms with Crippen LogP contribution in [0, 0.1) is 0 Å². The van der Waals surface area contributed by atoms with Crippen molar-refractivity contribution in [3.8, 4) is 11.5 Å². The molecule has 0 bridgehead atoms. The van der Waals surface area contributed by atoms with E-state index in [0.29, 0.717) is 18.7 Å². The van der Waals surface area contributed by atoms with Crippen molar-refractivity contribution in [1.29, 1.82) is 0 Å². The van der Waals surface area contributed by atoms with Crippen LogP contribution in [0.25, 0.3) is 11.5 Å². The molecule has 0 radical (unpaired) electrons. The lowest BCUT2D eigenvalue weighted by molar-refractivity contribution is 0.0712. The number of aromatic nitrogens is 6. The Morgan fingerprint density at radius 1 is 1.16 bits per heavy atom. The van der Waals surface area contributed by atoms with Crippen molar-refractivity contribution in [2.24, 2.45) is 7.05 Å². The molecular weight excluding hydrogens is 318 g/mol. The highest BCUT2D eigenvalue weighted by molar-refractivity contribution is 5.93. The average Bonchev–Trinajstić information content (AvgIpc) is 3.33. The molecular formula is C17H19N7O. The van der Waals surface area contributed by atoms with Gasteiger partial charge in [0, 0.05) is 57.0 Å². The Hall–Kier alpha value is -3.03. The number of hydrogen-bond acceptors (Lipinski definition) is 5. The first-order valence-electron chi connectivity index (χ1n) is 8.31. The molecule has 0 unspecified atom stereocenters. The van der Waals surface area contributed by atoms with Gasteiger partial charge >= 0.3 is 0 Å². The largest absolute Gasteiger partial charge is 0.343 e. The van der Waals surface area contributed by atoms with Gasteiger partial charge in [-0.3, -0.25) is 14.5 Å². The second kappa shape index (κ2) is 6.46. The molecule has 1 saturated heterocycles. The molecule has 1 fully saturated rings. The third-order valence-electron chi connectivity index (χ3n) is 4.57. The van der Waals surface area contributed by atoms with Crippen LogP contribution in [0.5, 0.6) is 0 Å². The standard InChI is InChI=1S/C17H19N7O/c1-23-11-13(10-22-23)17(25)24-8-2-12(3-9-24)14-15(19-5-4-18-14)16-20-6-7-21-16/h4-7,10-12H,2-3,8-9H2,1H3,(H,20,21). The summed E-state index contributed by atoms with van der Waals surface area (Å²) in [6.45, 7) is 1.40. The number of hydrogen-bond donors (Lipinski definition) is 1. The lowest BCUT2D eigenvalue weighted by Crippen LogP contribution is -2.38. The van der Waals surface area contributed by atoms with Gasteiger partial charge in [-0.25, -0.2) is 9.97 Å². The smallest absolute Gasteiger partial charge is 0.257 e. The predicted octanol–water partition coefficient (Wildman–Crippen LogP) is 1.62. The van der Waals surface area contributed by atoms with E-state index in [2.05, 4.69) is 25.0 Å². The maximum Gasteiger partial charge on any atom is 0.257 e. The Morgan fingerprint density at radius 2 is 1.96 bits per heavy atom. The van der Waals surface area contributed by atoms with E-state index in [1.165, 1.54) is 0 Å². The first-order valence-corrected chi connectivity index (χ1v) is 8.31. The number of carbonyl (C=O) groups is 1. The molecule has 128 valence electrons. The number of likely N-dealkylation sites (tertiary alicyclic amines) is 1. The van der Waals surface area contributed by atoms with Gasteiger partial charge in [-0.15, -0.1) is 0 Å². The Labute approximate surface area is 144 Å².